The van der Waals surface area contributed by atoms with Crippen molar-refractivity contribution in [3.05, 3.63) is 98.8 Å². The molecule has 29 heavy (non-hydrogen) atoms. The van der Waals surface area contributed by atoms with Crippen LogP contribution in [0.5, 0.6) is 0 Å². The molecule has 5 nitrogen and oxygen atoms in total. The van der Waals surface area contributed by atoms with Gasteiger partial charge in [0.05, 0.1) is 10.9 Å². The van der Waals surface area contributed by atoms with E-state index in [-0.39, 0.29) is 5.56 Å². The highest BCUT2D eigenvalue weighted by atomic mass is 35.5. The van der Waals surface area contributed by atoms with E-state index in [2.05, 4.69) is 10.4 Å². The molecule has 0 saturated carbocycles. The van der Waals surface area contributed by atoms with E-state index >= 15 is 0 Å². The topological polar surface area (TPSA) is 64.0 Å². The number of fused-ring (bicyclic) bond motifs is 1. The Hall–Kier alpha value is -3.44. The Labute approximate surface area is 172 Å². The summed E-state index contributed by atoms with van der Waals surface area (Å²) in [5.41, 5.74) is 6.07. The zero-order valence-electron chi connectivity index (χ0n) is 15.9. The lowest BCUT2D eigenvalue weighted by Crippen LogP contribution is -2.35. The first-order valence-electron chi connectivity index (χ1n) is 9.10. The Kier molecular flexibility index (Phi) is 4.91. The van der Waals surface area contributed by atoms with Crippen molar-refractivity contribution in [2.75, 3.05) is 5.43 Å². The van der Waals surface area contributed by atoms with E-state index in [1.165, 1.54) is 4.68 Å². The van der Waals surface area contributed by atoms with Gasteiger partial charge in [-0.25, -0.2) is 4.98 Å². The molecule has 144 valence electrons. The normalized spacial score (nSPS) is 10.9. The van der Waals surface area contributed by atoms with Crippen LogP contribution in [0.4, 0.5) is 0 Å². The van der Waals surface area contributed by atoms with Crippen LogP contribution in [0.1, 0.15) is 21.5 Å². The highest BCUT2D eigenvalue weighted by molar-refractivity contribution is 6.30. The van der Waals surface area contributed by atoms with Crippen molar-refractivity contribution >= 4 is 28.4 Å². The zero-order valence-corrected chi connectivity index (χ0v) is 16.7. The number of nitrogens with one attached hydrogen (secondary N) is 1. The molecule has 1 N–H and O–H groups in total. The smallest absolute Gasteiger partial charge is 0.267 e. The number of aromatic nitrogens is 2. The molecule has 4 rings (SSSR count). The summed E-state index contributed by atoms with van der Waals surface area (Å²) in [5, 5.41) is 0.926. The molecule has 0 unspecified atom stereocenters. The SMILES string of the molecule is Cc1ccc(C(=O)Nn2c(-c3cccc(Cl)c3)nc3ccccc3c2=O)cc1C. The van der Waals surface area contributed by atoms with Crippen LogP contribution >= 0.6 is 11.6 Å². The summed E-state index contributed by atoms with van der Waals surface area (Å²) >= 11 is 6.14. The van der Waals surface area contributed by atoms with E-state index in [0.29, 0.717) is 32.9 Å². The lowest BCUT2D eigenvalue weighted by Gasteiger charge is -2.15. The molecule has 0 saturated heterocycles. The fraction of sp³-hybridized carbons (Fsp3) is 0.0870. The second kappa shape index (κ2) is 7.53. The van der Waals surface area contributed by atoms with Crippen LogP contribution in [-0.2, 0) is 0 Å². The van der Waals surface area contributed by atoms with E-state index in [1.807, 2.05) is 26.0 Å². The van der Waals surface area contributed by atoms with E-state index in [9.17, 15) is 9.59 Å². The molecule has 0 aliphatic carbocycles. The minimum atomic E-state index is -0.393. The summed E-state index contributed by atoms with van der Waals surface area (Å²) in [5.74, 6) is -0.0797. The third kappa shape index (κ3) is 3.65. The molecule has 1 amide bonds. The summed E-state index contributed by atoms with van der Waals surface area (Å²) in [4.78, 5) is 30.7. The fourth-order valence-corrected chi connectivity index (χ4v) is 3.30. The van der Waals surface area contributed by atoms with Gasteiger partial charge in [-0.3, -0.25) is 15.0 Å². The van der Waals surface area contributed by atoms with E-state index < -0.39 is 5.91 Å². The highest BCUT2D eigenvalue weighted by Crippen LogP contribution is 2.22. The molecule has 0 fully saturated rings. The number of rotatable bonds is 3. The third-order valence-corrected chi connectivity index (χ3v) is 5.08. The number of carbonyl (C=O) groups is 1. The average Bonchev–Trinajstić information content (AvgIpc) is 2.72. The van der Waals surface area contributed by atoms with Crippen molar-refractivity contribution in [2.24, 2.45) is 0 Å². The molecular weight excluding hydrogens is 386 g/mol. The third-order valence-electron chi connectivity index (χ3n) is 4.84. The van der Waals surface area contributed by atoms with Gasteiger partial charge in [0.2, 0.25) is 0 Å². The van der Waals surface area contributed by atoms with Gasteiger partial charge in [0.15, 0.2) is 5.82 Å². The van der Waals surface area contributed by atoms with Crippen LogP contribution < -0.4 is 11.0 Å². The molecule has 0 bridgehead atoms. The zero-order chi connectivity index (χ0) is 20.5. The molecule has 0 radical (unpaired) electrons. The first-order chi connectivity index (χ1) is 13.9. The Morgan fingerprint density at radius 1 is 0.966 bits per heavy atom. The Balaban J connectivity index is 1.88. The number of benzene rings is 3. The van der Waals surface area contributed by atoms with Crippen LogP contribution in [-0.4, -0.2) is 15.6 Å². The summed E-state index contributed by atoms with van der Waals surface area (Å²) in [6.07, 6.45) is 0. The molecule has 6 heteroatoms. The number of hydrogen-bond donors (Lipinski definition) is 1. The molecule has 0 spiro atoms. The van der Waals surface area contributed by atoms with Gasteiger partial charge < -0.3 is 0 Å². The summed E-state index contributed by atoms with van der Waals surface area (Å²) < 4.78 is 1.19. The second-order valence-electron chi connectivity index (χ2n) is 6.84. The minimum absolute atomic E-state index is 0.313. The first kappa shape index (κ1) is 18.9. The van der Waals surface area contributed by atoms with Gasteiger partial charge in [-0.2, -0.15) is 4.68 Å². The van der Waals surface area contributed by atoms with Gasteiger partial charge in [0.25, 0.3) is 11.5 Å². The molecular formula is C23H18ClN3O2. The van der Waals surface area contributed by atoms with E-state index in [4.69, 9.17) is 11.6 Å². The maximum atomic E-state index is 13.2. The van der Waals surface area contributed by atoms with Crippen LogP contribution in [0, 0.1) is 13.8 Å². The van der Waals surface area contributed by atoms with Gasteiger partial charge in [0, 0.05) is 16.1 Å². The Morgan fingerprint density at radius 3 is 2.52 bits per heavy atom. The van der Waals surface area contributed by atoms with Crippen LogP contribution in [0.2, 0.25) is 5.02 Å². The van der Waals surface area contributed by atoms with Crippen LogP contribution in [0.25, 0.3) is 22.3 Å². The largest absolute Gasteiger partial charge is 0.280 e. The number of para-hydroxylation sites is 1. The Bertz CT molecular complexity index is 1310. The average molecular weight is 404 g/mol. The van der Waals surface area contributed by atoms with Gasteiger partial charge in [-0.1, -0.05) is 41.9 Å². The first-order valence-corrected chi connectivity index (χ1v) is 9.48. The molecule has 0 aliphatic rings. The number of nitrogens with zero attached hydrogens (tertiary/aromatic N) is 2. The van der Waals surface area contributed by atoms with Crippen LogP contribution in [0.15, 0.2) is 71.5 Å². The second-order valence-corrected chi connectivity index (χ2v) is 7.28. The number of aryl methyl sites for hydroxylation is 2. The highest BCUT2D eigenvalue weighted by Gasteiger charge is 2.16. The molecule has 1 heterocycles. The number of amides is 1. The predicted octanol–water partition coefficient (Wildman–Crippen LogP) is 4.72. The van der Waals surface area contributed by atoms with Crippen molar-refractivity contribution in [2.45, 2.75) is 13.8 Å². The molecule has 4 aromatic rings. The molecule has 3 aromatic carbocycles. The summed E-state index contributed by atoms with van der Waals surface area (Å²) in [6.45, 7) is 3.92. The van der Waals surface area contributed by atoms with Crippen molar-refractivity contribution in [3.63, 3.8) is 0 Å². The minimum Gasteiger partial charge on any atom is -0.267 e. The van der Waals surface area contributed by atoms with Gasteiger partial charge in [-0.05, 0) is 61.4 Å². The quantitative estimate of drug-likeness (QED) is 0.538. The maximum Gasteiger partial charge on any atom is 0.280 e. The number of carbonyl (C=O) groups excluding carboxylic acids is 1. The summed E-state index contributed by atoms with van der Waals surface area (Å²) in [7, 11) is 0. The maximum absolute atomic E-state index is 13.2. The standard InChI is InChI=1S/C23H18ClN3O2/c1-14-10-11-17(12-15(14)2)22(28)26-27-21(16-6-5-7-18(24)13-16)25-20-9-4-3-8-19(20)23(27)29/h3-13H,1-2H3,(H,26,28). The van der Waals surface area contributed by atoms with E-state index in [0.717, 1.165) is 11.1 Å². The predicted molar refractivity (Wildman–Crippen MR) is 116 cm³/mol. The van der Waals surface area contributed by atoms with Crippen molar-refractivity contribution in [1.82, 2.24) is 9.66 Å². The lowest BCUT2D eigenvalue weighted by atomic mass is 10.1. The Morgan fingerprint density at radius 2 is 1.76 bits per heavy atom. The summed E-state index contributed by atoms with van der Waals surface area (Å²) in [6, 6.07) is 19.4. The van der Waals surface area contributed by atoms with Crippen molar-refractivity contribution in [3.8, 4) is 11.4 Å². The van der Waals surface area contributed by atoms with Crippen LogP contribution in [0.3, 0.4) is 0 Å². The van der Waals surface area contributed by atoms with Crippen molar-refractivity contribution in [1.29, 1.82) is 0 Å². The van der Waals surface area contributed by atoms with Gasteiger partial charge >= 0.3 is 0 Å². The fourth-order valence-electron chi connectivity index (χ4n) is 3.11. The monoisotopic (exact) mass is 403 g/mol. The number of hydrogen-bond acceptors (Lipinski definition) is 3. The molecule has 0 atom stereocenters. The number of halogens is 1. The van der Waals surface area contributed by atoms with Crippen molar-refractivity contribution < 1.29 is 4.79 Å². The molecule has 1 aromatic heterocycles. The molecule has 0 aliphatic heterocycles. The van der Waals surface area contributed by atoms with Gasteiger partial charge in [0.1, 0.15) is 0 Å². The van der Waals surface area contributed by atoms with E-state index in [1.54, 1.807) is 54.6 Å². The lowest BCUT2D eigenvalue weighted by molar-refractivity contribution is 0.101. The van der Waals surface area contributed by atoms with Gasteiger partial charge in [-0.15, -0.1) is 0 Å².